The Labute approximate surface area is 133 Å². The maximum absolute atomic E-state index is 12.3. The van der Waals surface area contributed by atoms with Gasteiger partial charge in [0.05, 0.1) is 30.9 Å². The van der Waals surface area contributed by atoms with Crippen molar-refractivity contribution in [1.29, 1.82) is 0 Å². The first-order valence-electron chi connectivity index (χ1n) is 5.93. The monoisotopic (exact) mass is 404 g/mol. The minimum atomic E-state index is 0.130. The predicted octanol–water partition coefficient (Wildman–Crippen LogP) is 4.30. The molecule has 0 fully saturated rings. The van der Waals surface area contributed by atoms with Gasteiger partial charge < -0.3 is 0 Å². The Kier molecular flexibility index (Phi) is 4.63. The number of aryl methyl sites for hydroxylation is 3. The van der Waals surface area contributed by atoms with Crippen LogP contribution in [0.3, 0.4) is 0 Å². The maximum Gasteiger partial charge on any atom is 0.178 e. The van der Waals surface area contributed by atoms with Crippen LogP contribution in [0.4, 0.5) is 0 Å². The summed E-state index contributed by atoms with van der Waals surface area (Å²) >= 11 is 8.48. The van der Waals surface area contributed by atoms with Crippen LogP contribution in [0.15, 0.2) is 14.3 Å². The van der Waals surface area contributed by atoms with E-state index in [-0.39, 0.29) is 5.78 Å². The second-order valence-electron chi connectivity index (χ2n) is 4.35. The highest BCUT2D eigenvalue weighted by molar-refractivity contribution is 9.11. The second-order valence-corrected chi connectivity index (χ2v) is 7.51. The van der Waals surface area contributed by atoms with Gasteiger partial charge in [-0.05, 0) is 56.8 Å². The van der Waals surface area contributed by atoms with E-state index in [2.05, 4.69) is 43.9 Å². The molecular weight excluding hydrogens is 392 g/mol. The zero-order valence-electron chi connectivity index (χ0n) is 11.0. The van der Waals surface area contributed by atoms with Gasteiger partial charge in [0.25, 0.3) is 0 Å². The summed E-state index contributed by atoms with van der Waals surface area (Å²) in [6, 6.07) is 1.93. The average Bonchev–Trinajstić information content (AvgIpc) is 2.84. The van der Waals surface area contributed by atoms with Crippen LogP contribution in [0, 0.1) is 6.92 Å². The van der Waals surface area contributed by atoms with Crippen molar-refractivity contribution >= 4 is 49.0 Å². The van der Waals surface area contributed by atoms with Gasteiger partial charge in [-0.1, -0.05) is 6.92 Å². The number of aromatic nitrogens is 2. The van der Waals surface area contributed by atoms with Crippen LogP contribution in [0.25, 0.3) is 0 Å². The highest BCUT2D eigenvalue weighted by atomic mass is 79.9. The normalized spacial score (nSPS) is 11.0. The highest BCUT2D eigenvalue weighted by Gasteiger charge is 2.18. The number of hydrogen-bond acceptors (Lipinski definition) is 3. The summed E-state index contributed by atoms with van der Waals surface area (Å²) in [5.41, 5.74) is 3.03. The van der Waals surface area contributed by atoms with Gasteiger partial charge in [-0.25, -0.2) is 0 Å². The van der Waals surface area contributed by atoms with Gasteiger partial charge in [0, 0.05) is 7.05 Å². The minimum Gasteiger partial charge on any atom is -0.293 e. The van der Waals surface area contributed by atoms with Crippen molar-refractivity contribution in [3.05, 3.63) is 36.2 Å². The lowest BCUT2D eigenvalue weighted by atomic mass is 10.1. The Morgan fingerprint density at radius 2 is 2.16 bits per heavy atom. The van der Waals surface area contributed by atoms with Gasteiger partial charge in [0.2, 0.25) is 0 Å². The van der Waals surface area contributed by atoms with Gasteiger partial charge in [0.15, 0.2) is 5.78 Å². The number of carbonyl (C=O) groups excluding carboxylic acids is 1. The lowest BCUT2D eigenvalue weighted by Gasteiger charge is -2.01. The van der Waals surface area contributed by atoms with Gasteiger partial charge >= 0.3 is 0 Å². The first-order valence-corrected chi connectivity index (χ1v) is 8.33. The van der Waals surface area contributed by atoms with Crippen LogP contribution >= 0.6 is 43.2 Å². The molecule has 102 valence electrons. The largest absolute Gasteiger partial charge is 0.293 e. The van der Waals surface area contributed by atoms with Crippen molar-refractivity contribution in [3.8, 4) is 0 Å². The van der Waals surface area contributed by atoms with E-state index in [9.17, 15) is 4.79 Å². The Balaban J connectivity index is 2.26. The summed E-state index contributed by atoms with van der Waals surface area (Å²) in [5.74, 6) is 0.130. The number of thiophene rings is 1. The summed E-state index contributed by atoms with van der Waals surface area (Å²) in [6.45, 7) is 4.05. The molecule has 2 rings (SSSR count). The minimum absolute atomic E-state index is 0.130. The standard InChI is InChI=1S/C13H14Br2N2OS/c1-4-8-12(14)9(17(3)16-8)6-10(18)11-5-7(2)13(15)19-11/h5H,4,6H2,1-3H3. The summed E-state index contributed by atoms with van der Waals surface area (Å²) in [4.78, 5) is 13.1. The van der Waals surface area contributed by atoms with Crippen LogP contribution in [-0.4, -0.2) is 15.6 Å². The smallest absolute Gasteiger partial charge is 0.178 e. The molecule has 0 N–H and O–H groups in total. The van der Waals surface area contributed by atoms with E-state index in [1.807, 2.05) is 20.0 Å². The van der Waals surface area contributed by atoms with Crippen molar-refractivity contribution in [2.45, 2.75) is 26.7 Å². The maximum atomic E-state index is 12.3. The Bertz CT molecular complexity index is 611. The molecule has 6 heteroatoms. The van der Waals surface area contributed by atoms with Crippen molar-refractivity contribution < 1.29 is 4.79 Å². The molecule has 0 bridgehead atoms. The molecule has 2 heterocycles. The Hall–Kier alpha value is -0.460. The number of halogens is 2. The second kappa shape index (κ2) is 5.89. The molecule has 2 aromatic heterocycles. The lowest BCUT2D eigenvalue weighted by molar-refractivity contribution is 0.0994. The summed E-state index contributed by atoms with van der Waals surface area (Å²) in [7, 11) is 1.88. The molecular formula is C13H14Br2N2OS. The molecule has 0 spiro atoms. The van der Waals surface area contributed by atoms with Gasteiger partial charge in [-0.2, -0.15) is 5.10 Å². The fourth-order valence-corrected chi connectivity index (χ4v) is 4.08. The molecule has 0 aliphatic carbocycles. The third-order valence-electron chi connectivity index (χ3n) is 2.96. The molecule has 0 aliphatic rings. The fraction of sp³-hybridized carbons (Fsp3) is 0.385. The SMILES string of the molecule is CCc1nn(C)c(CC(=O)c2cc(C)c(Br)s2)c1Br. The molecule has 0 saturated carbocycles. The Morgan fingerprint density at radius 3 is 2.63 bits per heavy atom. The van der Waals surface area contributed by atoms with Gasteiger partial charge in [0.1, 0.15) is 0 Å². The zero-order valence-corrected chi connectivity index (χ0v) is 14.9. The van der Waals surface area contributed by atoms with E-state index in [4.69, 9.17) is 0 Å². The summed E-state index contributed by atoms with van der Waals surface area (Å²) in [6.07, 6.45) is 1.22. The van der Waals surface area contributed by atoms with Crippen molar-refractivity contribution in [2.24, 2.45) is 7.05 Å². The molecule has 0 aliphatic heterocycles. The molecule has 0 radical (unpaired) electrons. The van der Waals surface area contributed by atoms with Crippen LogP contribution in [0.1, 0.15) is 33.5 Å². The predicted molar refractivity (Wildman–Crippen MR) is 85.1 cm³/mol. The first kappa shape index (κ1) is 14.9. The third-order valence-corrected chi connectivity index (χ3v) is 6.06. The van der Waals surface area contributed by atoms with E-state index in [0.29, 0.717) is 6.42 Å². The lowest BCUT2D eigenvalue weighted by Crippen LogP contribution is -2.07. The molecule has 0 saturated heterocycles. The summed E-state index contributed by atoms with van der Waals surface area (Å²) in [5, 5.41) is 4.41. The fourth-order valence-electron chi connectivity index (χ4n) is 1.85. The molecule has 0 unspecified atom stereocenters. The van der Waals surface area contributed by atoms with Gasteiger partial charge in [-0.15, -0.1) is 11.3 Å². The molecule has 19 heavy (non-hydrogen) atoms. The quantitative estimate of drug-likeness (QED) is 0.710. The highest BCUT2D eigenvalue weighted by Crippen LogP contribution is 2.29. The van der Waals surface area contributed by atoms with Crippen molar-refractivity contribution in [2.75, 3.05) is 0 Å². The van der Waals surface area contributed by atoms with E-state index >= 15 is 0 Å². The topological polar surface area (TPSA) is 34.9 Å². The van der Waals surface area contributed by atoms with Crippen LogP contribution < -0.4 is 0 Å². The molecule has 2 aromatic rings. The number of ketones is 1. The van der Waals surface area contributed by atoms with E-state index in [0.717, 1.165) is 36.5 Å². The number of rotatable bonds is 4. The van der Waals surface area contributed by atoms with Crippen LogP contribution in [0.5, 0.6) is 0 Å². The van der Waals surface area contributed by atoms with E-state index < -0.39 is 0 Å². The summed E-state index contributed by atoms with van der Waals surface area (Å²) < 4.78 is 3.77. The average molecular weight is 406 g/mol. The molecule has 0 amide bonds. The number of Topliss-reactive ketones (excluding diaryl/α,β-unsaturated/α-hetero) is 1. The van der Waals surface area contributed by atoms with Crippen LogP contribution in [0.2, 0.25) is 0 Å². The number of hydrogen-bond donors (Lipinski definition) is 0. The molecule has 0 atom stereocenters. The zero-order chi connectivity index (χ0) is 14.2. The first-order chi connectivity index (χ1) is 8.93. The van der Waals surface area contributed by atoms with Gasteiger partial charge in [-0.3, -0.25) is 9.48 Å². The number of carbonyl (C=O) groups is 1. The third kappa shape index (κ3) is 3.01. The van der Waals surface area contributed by atoms with Crippen molar-refractivity contribution in [1.82, 2.24) is 9.78 Å². The van der Waals surface area contributed by atoms with Crippen molar-refractivity contribution in [3.63, 3.8) is 0 Å². The van der Waals surface area contributed by atoms with E-state index in [1.54, 1.807) is 4.68 Å². The van der Waals surface area contributed by atoms with Crippen LogP contribution in [-0.2, 0) is 19.9 Å². The molecule has 0 aromatic carbocycles. The number of nitrogens with zero attached hydrogens (tertiary/aromatic N) is 2. The van der Waals surface area contributed by atoms with E-state index in [1.165, 1.54) is 11.3 Å². The molecule has 3 nitrogen and oxygen atoms in total. The Morgan fingerprint density at radius 1 is 1.47 bits per heavy atom.